The van der Waals surface area contributed by atoms with Gasteiger partial charge in [-0.15, -0.1) is 0 Å². The summed E-state index contributed by atoms with van der Waals surface area (Å²) >= 11 is 0. The molecule has 1 aromatic heterocycles. The predicted octanol–water partition coefficient (Wildman–Crippen LogP) is 4.83. The smallest absolute Gasteiger partial charge is 0.282 e. The van der Waals surface area contributed by atoms with Gasteiger partial charge in [0.15, 0.2) is 0 Å². The van der Waals surface area contributed by atoms with Crippen LogP contribution in [0, 0.1) is 5.41 Å². The van der Waals surface area contributed by atoms with Crippen molar-refractivity contribution in [2.45, 2.75) is 51.4 Å². The number of hydrogen-bond donors (Lipinski definition) is 1. The van der Waals surface area contributed by atoms with Crippen molar-refractivity contribution in [3.63, 3.8) is 0 Å². The maximum absolute atomic E-state index is 13.2. The third-order valence-electron chi connectivity index (χ3n) is 6.28. The number of anilines is 1. The van der Waals surface area contributed by atoms with Gasteiger partial charge in [0.1, 0.15) is 5.69 Å². The van der Waals surface area contributed by atoms with E-state index in [-0.39, 0.29) is 5.56 Å². The standard InChI is InChI=1S/C20H23F2N3O/c1-12-13-6-5-7-16(14(13)10-20(12)8-3-4-9-20)23-19(26)15-11-25(2)24-17(15)18(21)22/h5-7,11-12,18H,3-4,8-10H2,1-2H3,(H,23,26). The number of nitrogens with zero attached hydrogens (tertiary/aromatic N) is 2. The molecule has 0 saturated heterocycles. The molecular formula is C20H23F2N3O. The molecule has 1 unspecified atom stereocenters. The van der Waals surface area contributed by atoms with Crippen molar-refractivity contribution in [2.24, 2.45) is 12.5 Å². The normalized spacial score (nSPS) is 20.7. The lowest BCUT2D eigenvalue weighted by molar-refractivity contribution is 0.101. The van der Waals surface area contributed by atoms with Gasteiger partial charge in [0.25, 0.3) is 12.3 Å². The Morgan fingerprint density at radius 1 is 1.35 bits per heavy atom. The molecule has 1 spiro atoms. The number of benzene rings is 1. The van der Waals surface area contributed by atoms with Gasteiger partial charge in [0, 0.05) is 18.9 Å². The average molecular weight is 359 g/mol. The number of alkyl halides is 2. The molecular weight excluding hydrogens is 336 g/mol. The van der Waals surface area contributed by atoms with Crippen LogP contribution in [0.2, 0.25) is 0 Å². The van der Waals surface area contributed by atoms with E-state index in [2.05, 4.69) is 23.4 Å². The minimum absolute atomic E-state index is 0.0678. The number of rotatable bonds is 3. The summed E-state index contributed by atoms with van der Waals surface area (Å²) in [5, 5.41) is 6.59. The summed E-state index contributed by atoms with van der Waals surface area (Å²) in [4.78, 5) is 12.6. The molecule has 6 heteroatoms. The second kappa shape index (κ2) is 6.18. The minimum atomic E-state index is -2.78. The summed E-state index contributed by atoms with van der Waals surface area (Å²) in [5.41, 5.74) is 2.95. The molecule has 2 aliphatic rings. The van der Waals surface area contributed by atoms with Crippen LogP contribution in [0.4, 0.5) is 14.5 Å². The molecule has 1 fully saturated rings. The van der Waals surface area contributed by atoms with Crippen molar-refractivity contribution < 1.29 is 13.6 Å². The van der Waals surface area contributed by atoms with E-state index in [1.54, 1.807) is 0 Å². The largest absolute Gasteiger partial charge is 0.322 e. The quantitative estimate of drug-likeness (QED) is 0.853. The van der Waals surface area contributed by atoms with Crippen LogP contribution in [0.1, 0.15) is 72.1 Å². The lowest BCUT2D eigenvalue weighted by atomic mass is 9.76. The highest BCUT2D eigenvalue weighted by Crippen LogP contribution is 2.57. The van der Waals surface area contributed by atoms with Crippen LogP contribution in [0.5, 0.6) is 0 Å². The fourth-order valence-corrected chi connectivity index (χ4v) is 4.88. The first-order valence-electron chi connectivity index (χ1n) is 9.16. The Morgan fingerprint density at radius 3 is 2.77 bits per heavy atom. The first-order chi connectivity index (χ1) is 12.4. The number of amides is 1. The van der Waals surface area contributed by atoms with Crippen molar-refractivity contribution in [2.75, 3.05) is 5.32 Å². The van der Waals surface area contributed by atoms with Gasteiger partial charge in [0.2, 0.25) is 0 Å². The minimum Gasteiger partial charge on any atom is -0.322 e. The molecule has 1 atom stereocenters. The SMILES string of the molecule is CC1c2cccc(NC(=O)c3cn(C)nc3C(F)F)c2CC12CCCC2. The summed E-state index contributed by atoms with van der Waals surface area (Å²) in [5.74, 6) is -0.0614. The molecule has 4 rings (SSSR count). The van der Waals surface area contributed by atoms with E-state index in [0.29, 0.717) is 11.3 Å². The van der Waals surface area contributed by atoms with Gasteiger partial charge in [-0.3, -0.25) is 9.48 Å². The Kier molecular flexibility index (Phi) is 4.09. The fourth-order valence-electron chi connectivity index (χ4n) is 4.88. The topological polar surface area (TPSA) is 46.9 Å². The molecule has 1 aromatic carbocycles. The maximum atomic E-state index is 13.2. The highest BCUT2D eigenvalue weighted by atomic mass is 19.3. The van der Waals surface area contributed by atoms with E-state index in [9.17, 15) is 13.6 Å². The number of aryl methyl sites for hydroxylation is 1. The maximum Gasteiger partial charge on any atom is 0.282 e. The zero-order valence-corrected chi connectivity index (χ0v) is 15.1. The Labute approximate surface area is 151 Å². The van der Waals surface area contributed by atoms with E-state index >= 15 is 0 Å². The summed E-state index contributed by atoms with van der Waals surface area (Å²) in [7, 11) is 1.54. The van der Waals surface area contributed by atoms with Crippen LogP contribution in [-0.4, -0.2) is 15.7 Å². The third-order valence-corrected chi connectivity index (χ3v) is 6.28. The number of carbonyl (C=O) groups excluding carboxylic acids is 1. The van der Waals surface area contributed by atoms with E-state index < -0.39 is 18.0 Å². The molecule has 1 saturated carbocycles. The molecule has 1 amide bonds. The van der Waals surface area contributed by atoms with Crippen molar-refractivity contribution >= 4 is 11.6 Å². The second-order valence-electron chi connectivity index (χ2n) is 7.70. The monoisotopic (exact) mass is 359 g/mol. The van der Waals surface area contributed by atoms with Gasteiger partial charge >= 0.3 is 0 Å². The van der Waals surface area contributed by atoms with Gasteiger partial charge in [-0.25, -0.2) is 8.78 Å². The van der Waals surface area contributed by atoms with Crippen LogP contribution >= 0.6 is 0 Å². The molecule has 0 radical (unpaired) electrons. The van der Waals surface area contributed by atoms with Crippen LogP contribution in [-0.2, 0) is 13.5 Å². The average Bonchev–Trinajstić information content (AvgIpc) is 3.29. The van der Waals surface area contributed by atoms with Crippen molar-refractivity contribution in [1.82, 2.24) is 9.78 Å². The van der Waals surface area contributed by atoms with Crippen molar-refractivity contribution in [3.8, 4) is 0 Å². The zero-order chi connectivity index (χ0) is 18.5. The van der Waals surface area contributed by atoms with Crippen LogP contribution in [0.3, 0.4) is 0 Å². The lowest BCUT2D eigenvalue weighted by Gasteiger charge is -2.28. The van der Waals surface area contributed by atoms with E-state index in [1.807, 2.05) is 12.1 Å². The first-order valence-corrected chi connectivity index (χ1v) is 9.16. The number of fused-ring (bicyclic) bond motifs is 1. The van der Waals surface area contributed by atoms with E-state index in [0.717, 1.165) is 17.7 Å². The first kappa shape index (κ1) is 17.2. The Morgan fingerprint density at radius 2 is 2.08 bits per heavy atom. The van der Waals surface area contributed by atoms with E-state index in [1.165, 1.54) is 49.2 Å². The second-order valence-corrected chi connectivity index (χ2v) is 7.70. The summed E-state index contributed by atoms with van der Waals surface area (Å²) < 4.78 is 27.6. The Bertz CT molecular complexity index is 853. The lowest BCUT2D eigenvalue weighted by Crippen LogP contribution is -2.20. The summed E-state index contributed by atoms with van der Waals surface area (Å²) in [6, 6.07) is 5.95. The molecule has 0 bridgehead atoms. The molecule has 0 aliphatic heterocycles. The van der Waals surface area contributed by atoms with Gasteiger partial charge in [0.05, 0.1) is 5.56 Å². The highest BCUT2D eigenvalue weighted by Gasteiger charge is 2.46. The molecule has 2 aliphatic carbocycles. The molecule has 138 valence electrons. The molecule has 1 N–H and O–H groups in total. The van der Waals surface area contributed by atoms with Gasteiger partial charge in [-0.05, 0) is 47.8 Å². The highest BCUT2D eigenvalue weighted by molar-refractivity contribution is 6.05. The predicted molar refractivity (Wildman–Crippen MR) is 95.6 cm³/mol. The summed E-state index contributed by atoms with van der Waals surface area (Å²) in [6.45, 7) is 2.28. The van der Waals surface area contributed by atoms with Crippen molar-refractivity contribution in [1.29, 1.82) is 0 Å². The molecule has 26 heavy (non-hydrogen) atoms. The van der Waals surface area contributed by atoms with Crippen LogP contribution in [0.15, 0.2) is 24.4 Å². The van der Waals surface area contributed by atoms with Crippen molar-refractivity contribution in [3.05, 3.63) is 46.8 Å². The fraction of sp³-hybridized carbons (Fsp3) is 0.500. The van der Waals surface area contributed by atoms with Crippen LogP contribution < -0.4 is 5.32 Å². The molecule has 1 heterocycles. The number of hydrogen-bond acceptors (Lipinski definition) is 2. The Hall–Kier alpha value is -2.24. The number of halogens is 2. The van der Waals surface area contributed by atoms with Gasteiger partial charge in [-0.1, -0.05) is 31.9 Å². The summed E-state index contributed by atoms with van der Waals surface area (Å²) in [6.07, 6.45) is 4.47. The number of aromatic nitrogens is 2. The number of nitrogens with one attached hydrogen (secondary N) is 1. The Balaban J connectivity index is 1.65. The van der Waals surface area contributed by atoms with E-state index in [4.69, 9.17) is 0 Å². The molecule has 2 aromatic rings. The van der Waals surface area contributed by atoms with Crippen LogP contribution in [0.25, 0.3) is 0 Å². The third kappa shape index (κ3) is 2.63. The van der Waals surface area contributed by atoms with Gasteiger partial charge < -0.3 is 5.32 Å². The van der Waals surface area contributed by atoms with Gasteiger partial charge in [-0.2, -0.15) is 5.10 Å². The zero-order valence-electron chi connectivity index (χ0n) is 15.1. The molecule has 4 nitrogen and oxygen atoms in total. The number of carbonyl (C=O) groups is 1.